The van der Waals surface area contributed by atoms with Gasteiger partial charge in [-0.25, -0.2) is 13.4 Å². The molecule has 6 nitrogen and oxygen atoms in total. The van der Waals surface area contributed by atoms with E-state index in [0.29, 0.717) is 22.6 Å². The van der Waals surface area contributed by atoms with Crippen molar-refractivity contribution in [2.24, 2.45) is 0 Å². The summed E-state index contributed by atoms with van der Waals surface area (Å²) < 4.78 is 27.0. The number of rotatable bonds is 5. The lowest BCUT2D eigenvalue weighted by Gasteiger charge is -2.25. The first-order valence-electron chi connectivity index (χ1n) is 9.12. The number of carboxylic acids is 1. The van der Waals surface area contributed by atoms with Crippen LogP contribution in [-0.2, 0) is 21.2 Å². The van der Waals surface area contributed by atoms with Crippen LogP contribution in [0.5, 0.6) is 0 Å². The SMILES string of the molecule is CS(=O)(=O)c1ccnc2c1c(Sc1ccc(Cl)cc1)c1n2CCCC1CC(=O)O. The first-order valence-corrected chi connectivity index (χ1v) is 12.2. The average molecular weight is 451 g/mol. The van der Waals surface area contributed by atoms with Gasteiger partial charge in [-0.05, 0) is 43.2 Å². The Morgan fingerprint density at radius 3 is 2.69 bits per heavy atom. The van der Waals surface area contributed by atoms with E-state index in [1.807, 2.05) is 16.7 Å². The Bertz CT molecular complexity index is 1200. The van der Waals surface area contributed by atoms with Gasteiger partial charge < -0.3 is 9.67 Å². The lowest BCUT2D eigenvalue weighted by atomic mass is 9.93. The fraction of sp³-hybridized carbons (Fsp3) is 0.300. The number of pyridine rings is 1. The van der Waals surface area contributed by atoms with Gasteiger partial charge in [0.25, 0.3) is 0 Å². The molecule has 1 atom stereocenters. The van der Waals surface area contributed by atoms with E-state index in [4.69, 9.17) is 11.6 Å². The number of sulfone groups is 1. The van der Waals surface area contributed by atoms with E-state index < -0.39 is 15.8 Å². The molecule has 0 aliphatic carbocycles. The monoisotopic (exact) mass is 450 g/mol. The van der Waals surface area contributed by atoms with E-state index in [-0.39, 0.29) is 17.2 Å². The summed E-state index contributed by atoms with van der Waals surface area (Å²) in [5.41, 5.74) is 1.45. The van der Waals surface area contributed by atoms with Crippen molar-refractivity contribution in [1.29, 1.82) is 0 Å². The summed E-state index contributed by atoms with van der Waals surface area (Å²) in [5, 5.41) is 10.6. The minimum Gasteiger partial charge on any atom is -0.481 e. The van der Waals surface area contributed by atoms with Gasteiger partial charge in [-0.2, -0.15) is 0 Å². The normalized spacial score (nSPS) is 16.7. The van der Waals surface area contributed by atoms with Crippen molar-refractivity contribution in [3.8, 4) is 0 Å². The molecule has 0 spiro atoms. The Labute approximate surface area is 177 Å². The van der Waals surface area contributed by atoms with Crippen molar-refractivity contribution >= 4 is 50.2 Å². The van der Waals surface area contributed by atoms with Gasteiger partial charge in [0.1, 0.15) is 5.65 Å². The highest BCUT2D eigenvalue weighted by Crippen LogP contribution is 2.47. The van der Waals surface area contributed by atoms with Gasteiger partial charge in [-0.3, -0.25) is 4.79 Å². The molecule has 0 fully saturated rings. The van der Waals surface area contributed by atoms with E-state index in [2.05, 4.69) is 4.98 Å². The molecular formula is C20H19ClN2O4S2. The molecule has 1 unspecified atom stereocenters. The molecule has 1 aromatic carbocycles. The second kappa shape index (κ2) is 7.66. The van der Waals surface area contributed by atoms with Crippen molar-refractivity contribution in [1.82, 2.24) is 9.55 Å². The molecule has 9 heteroatoms. The Balaban J connectivity index is 2.01. The van der Waals surface area contributed by atoms with Crippen LogP contribution in [-0.4, -0.2) is 35.3 Å². The molecule has 2 aromatic heterocycles. The first kappa shape index (κ1) is 20.3. The van der Waals surface area contributed by atoms with Gasteiger partial charge in [-0.15, -0.1) is 0 Å². The van der Waals surface area contributed by atoms with Crippen molar-refractivity contribution < 1.29 is 18.3 Å². The van der Waals surface area contributed by atoms with Crippen LogP contribution in [0.4, 0.5) is 0 Å². The molecule has 0 saturated heterocycles. The van der Waals surface area contributed by atoms with Crippen molar-refractivity contribution in [2.45, 2.75) is 46.4 Å². The molecule has 1 aliphatic heterocycles. The molecule has 3 heterocycles. The molecular weight excluding hydrogens is 432 g/mol. The van der Waals surface area contributed by atoms with Crippen LogP contribution < -0.4 is 0 Å². The van der Waals surface area contributed by atoms with E-state index in [1.165, 1.54) is 30.3 Å². The fourth-order valence-electron chi connectivity index (χ4n) is 3.92. The number of aliphatic carboxylic acids is 1. The summed E-state index contributed by atoms with van der Waals surface area (Å²) in [5.74, 6) is -1.06. The third-order valence-corrected chi connectivity index (χ3v) is 7.59. The highest BCUT2D eigenvalue weighted by molar-refractivity contribution is 7.99. The van der Waals surface area contributed by atoms with Gasteiger partial charge in [0.15, 0.2) is 9.84 Å². The molecule has 29 heavy (non-hydrogen) atoms. The highest BCUT2D eigenvalue weighted by Gasteiger charge is 2.32. The molecule has 152 valence electrons. The summed E-state index contributed by atoms with van der Waals surface area (Å²) >= 11 is 7.43. The summed E-state index contributed by atoms with van der Waals surface area (Å²) in [4.78, 5) is 17.8. The third-order valence-electron chi connectivity index (χ3n) is 5.07. The number of halogens is 1. The second-order valence-electron chi connectivity index (χ2n) is 7.14. The quantitative estimate of drug-likeness (QED) is 0.611. The maximum absolute atomic E-state index is 12.5. The zero-order valence-corrected chi connectivity index (χ0v) is 18.0. The summed E-state index contributed by atoms with van der Waals surface area (Å²) in [6.45, 7) is 0.684. The largest absolute Gasteiger partial charge is 0.481 e. The topological polar surface area (TPSA) is 89.3 Å². The van der Waals surface area contributed by atoms with Crippen LogP contribution in [0.1, 0.15) is 30.9 Å². The van der Waals surface area contributed by atoms with Crippen LogP contribution in [0.2, 0.25) is 5.02 Å². The maximum atomic E-state index is 12.5. The Morgan fingerprint density at radius 1 is 1.31 bits per heavy atom. The number of aryl methyl sites for hydroxylation is 1. The minimum absolute atomic E-state index is 0.00128. The number of hydrogen-bond donors (Lipinski definition) is 1. The van der Waals surface area contributed by atoms with E-state index >= 15 is 0 Å². The van der Waals surface area contributed by atoms with Gasteiger partial charge in [0.05, 0.1) is 16.7 Å². The first-order chi connectivity index (χ1) is 13.8. The van der Waals surface area contributed by atoms with Crippen LogP contribution in [0.15, 0.2) is 51.2 Å². The Kier molecular flexibility index (Phi) is 5.35. The van der Waals surface area contributed by atoms with Crippen LogP contribution in [0, 0.1) is 0 Å². The zero-order chi connectivity index (χ0) is 20.8. The molecule has 0 radical (unpaired) electrons. The summed E-state index contributed by atoms with van der Waals surface area (Å²) in [6, 6.07) is 8.81. The number of fused-ring (bicyclic) bond motifs is 3. The number of carbonyl (C=O) groups is 1. The zero-order valence-electron chi connectivity index (χ0n) is 15.6. The predicted molar refractivity (Wildman–Crippen MR) is 113 cm³/mol. The number of carboxylic acid groups (broad SMARTS) is 1. The van der Waals surface area contributed by atoms with Crippen LogP contribution in [0.3, 0.4) is 0 Å². The van der Waals surface area contributed by atoms with Crippen molar-refractivity contribution in [3.05, 3.63) is 47.2 Å². The predicted octanol–water partition coefficient (Wildman–Crippen LogP) is 4.60. The van der Waals surface area contributed by atoms with E-state index in [1.54, 1.807) is 12.1 Å². The van der Waals surface area contributed by atoms with Gasteiger partial charge in [0, 0.05) is 45.4 Å². The lowest BCUT2D eigenvalue weighted by Crippen LogP contribution is -2.18. The average Bonchev–Trinajstić information content (AvgIpc) is 2.97. The molecule has 1 N–H and O–H groups in total. The lowest BCUT2D eigenvalue weighted by molar-refractivity contribution is -0.137. The van der Waals surface area contributed by atoms with Crippen molar-refractivity contribution in [3.63, 3.8) is 0 Å². The summed E-state index contributed by atoms with van der Waals surface area (Å²) in [7, 11) is -3.50. The van der Waals surface area contributed by atoms with Crippen LogP contribution in [0.25, 0.3) is 11.0 Å². The van der Waals surface area contributed by atoms with Crippen LogP contribution >= 0.6 is 23.4 Å². The highest BCUT2D eigenvalue weighted by atomic mass is 35.5. The molecule has 3 aromatic rings. The number of aromatic nitrogens is 2. The number of benzene rings is 1. The third kappa shape index (κ3) is 3.89. The number of nitrogens with zero attached hydrogens (tertiary/aromatic N) is 2. The number of hydrogen-bond acceptors (Lipinski definition) is 5. The minimum atomic E-state index is -3.50. The molecule has 4 rings (SSSR count). The van der Waals surface area contributed by atoms with E-state index in [9.17, 15) is 18.3 Å². The van der Waals surface area contributed by atoms with Gasteiger partial charge in [-0.1, -0.05) is 23.4 Å². The summed E-state index contributed by atoms with van der Waals surface area (Å²) in [6.07, 6.45) is 4.25. The van der Waals surface area contributed by atoms with Crippen molar-refractivity contribution in [2.75, 3.05) is 6.26 Å². The smallest absolute Gasteiger partial charge is 0.304 e. The molecule has 1 aliphatic rings. The maximum Gasteiger partial charge on any atom is 0.304 e. The molecule has 0 saturated carbocycles. The standard InChI is InChI=1S/C20H19ClN2O4S2/c1-29(26,27)15-8-9-22-20-17(15)19(28-14-6-4-13(21)5-7-14)18-12(11-16(24)25)3-2-10-23(18)20/h4-9,12H,2-3,10-11H2,1H3,(H,24,25). The second-order valence-corrected chi connectivity index (χ2v) is 10.6. The fourth-order valence-corrected chi connectivity index (χ4v) is 6.18. The van der Waals surface area contributed by atoms with E-state index in [0.717, 1.165) is 28.3 Å². The Hall–Kier alpha value is -2.03. The van der Waals surface area contributed by atoms with Gasteiger partial charge >= 0.3 is 5.97 Å². The molecule has 0 amide bonds. The molecule has 0 bridgehead atoms. The van der Waals surface area contributed by atoms with Gasteiger partial charge in [0.2, 0.25) is 0 Å². The Morgan fingerprint density at radius 2 is 2.03 bits per heavy atom.